The summed E-state index contributed by atoms with van der Waals surface area (Å²) >= 11 is 1.61. The number of rotatable bonds is 6. The zero-order valence-electron chi connectivity index (χ0n) is 14.2. The minimum Gasteiger partial charge on any atom is -0.468 e. The second-order valence-corrected chi connectivity index (χ2v) is 6.92. The van der Waals surface area contributed by atoms with Gasteiger partial charge in [0, 0.05) is 13.0 Å². The van der Waals surface area contributed by atoms with Gasteiger partial charge in [-0.25, -0.2) is 4.98 Å². The molecule has 0 unspecified atom stereocenters. The van der Waals surface area contributed by atoms with Crippen molar-refractivity contribution < 1.29 is 9.21 Å². The molecular formula is C17H24N4O2S. The molecule has 1 saturated heterocycles. The van der Waals surface area contributed by atoms with Gasteiger partial charge in [-0.3, -0.25) is 9.69 Å². The van der Waals surface area contributed by atoms with Crippen LogP contribution < -0.4 is 5.32 Å². The minimum absolute atomic E-state index is 0.103. The summed E-state index contributed by atoms with van der Waals surface area (Å²) in [6, 6.07) is 3.91. The molecule has 24 heavy (non-hydrogen) atoms. The number of carbonyl (C=O) groups is 1. The van der Waals surface area contributed by atoms with Gasteiger partial charge in [-0.05, 0) is 44.3 Å². The van der Waals surface area contributed by atoms with E-state index in [1.54, 1.807) is 18.0 Å². The number of aromatic nitrogens is 2. The number of likely N-dealkylation sites (tertiary alicyclic amines) is 1. The van der Waals surface area contributed by atoms with E-state index in [1.165, 1.54) is 0 Å². The van der Waals surface area contributed by atoms with E-state index in [4.69, 9.17) is 4.42 Å². The highest BCUT2D eigenvalue weighted by molar-refractivity contribution is 7.98. The fourth-order valence-corrected chi connectivity index (χ4v) is 3.63. The molecule has 2 aromatic rings. The molecule has 3 rings (SSSR count). The number of furan rings is 1. The lowest BCUT2D eigenvalue weighted by atomic mass is 9.96. The lowest BCUT2D eigenvalue weighted by molar-refractivity contribution is -0.126. The van der Waals surface area contributed by atoms with Gasteiger partial charge < -0.3 is 14.3 Å². The molecule has 1 aliphatic rings. The molecular weight excluding hydrogens is 324 g/mol. The van der Waals surface area contributed by atoms with Crippen LogP contribution in [0.25, 0.3) is 0 Å². The molecule has 7 heteroatoms. The van der Waals surface area contributed by atoms with E-state index in [9.17, 15) is 4.79 Å². The third-order valence-corrected chi connectivity index (χ3v) is 5.33. The van der Waals surface area contributed by atoms with Crippen LogP contribution in [0.3, 0.4) is 0 Å². The summed E-state index contributed by atoms with van der Waals surface area (Å²) in [6.07, 6.45) is 7.33. The number of imidazole rings is 1. The van der Waals surface area contributed by atoms with Crippen molar-refractivity contribution in [3.63, 3.8) is 0 Å². The molecule has 0 atom stereocenters. The van der Waals surface area contributed by atoms with Gasteiger partial charge in [-0.1, -0.05) is 11.8 Å². The maximum absolute atomic E-state index is 12.4. The molecule has 130 valence electrons. The first-order chi connectivity index (χ1) is 11.7. The van der Waals surface area contributed by atoms with Crippen molar-refractivity contribution in [2.45, 2.75) is 31.1 Å². The molecule has 0 radical (unpaired) electrons. The van der Waals surface area contributed by atoms with Crippen LogP contribution in [0.15, 0.2) is 34.2 Å². The van der Waals surface area contributed by atoms with Crippen LogP contribution in [0.1, 0.15) is 24.3 Å². The van der Waals surface area contributed by atoms with E-state index >= 15 is 0 Å². The Kier molecular flexibility index (Phi) is 5.63. The summed E-state index contributed by atoms with van der Waals surface area (Å²) in [7, 11) is 1.98. The maximum Gasteiger partial charge on any atom is 0.223 e. The zero-order chi connectivity index (χ0) is 16.9. The van der Waals surface area contributed by atoms with Gasteiger partial charge in [0.15, 0.2) is 5.16 Å². The summed E-state index contributed by atoms with van der Waals surface area (Å²) in [5, 5.41) is 4.02. The number of amides is 1. The molecule has 1 amide bonds. The first-order valence-electron chi connectivity index (χ1n) is 8.24. The first kappa shape index (κ1) is 17.1. The summed E-state index contributed by atoms with van der Waals surface area (Å²) in [4.78, 5) is 19.1. The Morgan fingerprint density at radius 1 is 1.46 bits per heavy atom. The van der Waals surface area contributed by atoms with Crippen LogP contribution in [0, 0.1) is 5.92 Å². The second-order valence-electron chi connectivity index (χ2n) is 6.14. The molecule has 0 saturated carbocycles. The van der Waals surface area contributed by atoms with Gasteiger partial charge in [0.1, 0.15) is 5.76 Å². The Morgan fingerprint density at radius 3 is 2.88 bits per heavy atom. The average molecular weight is 348 g/mol. The van der Waals surface area contributed by atoms with E-state index < -0.39 is 0 Å². The van der Waals surface area contributed by atoms with Crippen LogP contribution >= 0.6 is 11.8 Å². The van der Waals surface area contributed by atoms with E-state index in [-0.39, 0.29) is 11.8 Å². The van der Waals surface area contributed by atoms with E-state index in [0.29, 0.717) is 6.54 Å². The normalized spacial score (nSPS) is 16.4. The Hall–Kier alpha value is -1.73. The first-order valence-corrected chi connectivity index (χ1v) is 9.47. The standard InChI is InChI=1S/C17H24N4O2S/c1-20-14(11-19-17(20)24-2)10-18-16(22)13-5-7-21(8-6-13)12-15-4-3-9-23-15/h3-4,9,11,13H,5-8,10,12H2,1-2H3,(H,18,22). The van der Waals surface area contributed by atoms with Gasteiger partial charge in [0.2, 0.25) is 5.91 Å². The summed E-state index contributed by atoms with van der Waals surface area (Å²) in [5.74, 6) is 1.24. The number of hydrogen-bond acceptors (Lipinski definition) is 5. The van der Waals surface area contributed by atoms with Gasteiger partial charge in [0.05, 0.1) is 31.2 Å². The summed E-state index contributed by atoms with van der Waals surface area (Å²) in [6.45, 7) is 3.23. The number of piperidine rings is 1. The largest absolute Gasteiger partial charge is 0.468 e. The van der Waals surface area contributed by atoms with Crippen LogP contribution in [-0.2, 0) is 24.9 Å². The lowest BCUT2D eigenvalue weighted by Gasteiger charge is -2.30. The fourth-order valence-electron chi connectivity index (χ4n) is 3.08. The average Bonchev–Trinajstić information content (AvgIpc) is 3.23. The molecule has 0 spiro atoms. The van der Waals surface area contributed by atoms with E-state index in [0.717, 1.165) is 49.1 Å². The quantitative estimate of drug-likeness (QED) is 0.812. The monoisotopic (exact) mass is 348 g/mol. The van der Waals surface area contributed by atoms with E-state index in [1.807, 2.05) is 36.2 Å². The van der Waals surface area contributed by atoms with E-state index in [2.05, 4.69) is 15.2 Å². The predicted molar refractivity (Wildman–Crippen MR) is 93.5 cm³/mol. The van der Waals surface area contributed by atoms with Crippen molar-refractivity contribution in [1.29, 1.82) is 0 Å². The number of hydrogen-bond donors (Lipinski definition) is 1. The van der Waals surface area contributed by atoms with Crippen molar-refractivity contribution in [2.24, 2.45) is 13.0 Å². The Bertz CT molecular complexity index is 660. The number of carbonyl (C=O) groups excluding carboxylic acids is 1. The van der Waals surface area contributed by atoms with Gasteiger partial charge in [0.25, 0.3) is 0 Å². The Labute approximate surface area is 146 Å². The number of nitrogens with zero attached hydrogens (tertiary/aromatic N) is 3. The maximum atomic E-state index is 12.4. The highest BCUT2D eigenvalue weighted by atomic mass is 32.2. The molecule has 0 aromatic carbocycles. The second kappa shape index (κ2) is 7.90. The van der Waals surface area contributed by atoms with Crippen LogP contribution in [-0.4, -0.2) is 39.7 Å². The van der Waals surface area contributed by atoms with Crippen LogP contribution in [0.5, 0.6) is 0 Å². The molecule has 0 aliphatic carbocycles. The van der Waals surface area contributed by atoms with Crippen molar-refractivity contribution in [1.82, 2.24) is 19.8 Å². The third kappa shape index (κ3) is 4.02. The van der Waals surface area contributed by atoms with Gasteiger partial charge in [-0.15, -0.1) is 0 Å². The highest BCUT2D eigenvalue weighted by Gasteiger charge is 2.25. The number of nitrogens with one attached hydrogen (secondary N) is 1. The summed E-state index contributed by atoms with van der Waals surface area (Å²) in [5.41, 5.74) is 1.03. The Balaban J connectivity index is 1.44. The number of thioether (sulfide) groups is 1. The van der Waals surface area contributed by atoms with Gasteiger partial charge >= 0.3 is 0 Å². The molecule has 3 heterocycles. The minimum atomic E-state index is 0.103. The molecule has 0 bridgehead atoms. The van der Waals surface area contributed by atoms with Crippen molar-refractivity contribution in [2.75, 3.05) is 19.3 Å². The SMILES string of the molecule is CSc1ncc(CNC(=O)C2CCN(Cc3ccco3)CC2)n1C. The molecule has 1 aliphatic heterocycles. The third-order valence-electron chi connectivity index (χ3n) is 4.59. The van der Waals surface area contributed by atoms with Gasteiger partial charge in [-0.2, -0.15) is 0 Å². The molecule has 1 fully saturated rings. The highest BCUT2D eigenvalue weighted by Crippen LogP contribution is 2.20. The van der Waals surface area contributed by atoms with Crippen molar-refractivity contribution in [3.05, 3.63) is 36.0 Å². The Morgan fingerprint density at radius 2 is 2.25 bits per heavy atom. The zero-order valence-corrected chi connectivity index (χ0v) is 15.0. The van der Waals surface area contributed by atoms with Crippen LogP contribution in [0.2, 0.25) is 0 Å². The lowest BCUT2D eigenvalue weighted by Crippen LogP contribution is -2.40. The van der Waals surface area contributed by atoms with Crippen molar-refractivity contribution in [3.8, 4) is 0 Å². The molecule has 2 aromatic heterocycles. The van der Waals surface area contributed by atoms with Crippen LogP contribution in [0.4, 0.5) is 0 Å². The predicted octanol–water partition coefficient (Wildman–Crippen LogP) is 2.26. The topological polar surface area (TPSA) is 63.3 Å². The smallest absolute Gasteiger partial charge is 0.223 e. The summed E-state index contributed by atoms with van der Waals surface area (Å²) < 4.78 is 7.41. The fraction of sp³-hybridized carbons (Fsp3) is 0.529. The molecule has 6 nitrogen and oxygen atoms in total. The van der Waals surface area contributed by atoms with Crippen molar-refractivity contribution >= 4 is 17.7 Å². The molecule has 1 N–H and O–H groups in total.